The molecule has 2 aliphatic rings. The van der Waals surface area contributed by atoms with Gasteiger partial charge in [0, 0.05) is 34.3 Å². The molecule has 9 heteroatoms. The molecule has 0 bridgehead atoms. The molecule has 0 N–H and O–H groups in total. The largest absolute Gasteiger partial charge is 0.461 e. The molecule has 0 aromatic rings. The Hall–Kier alpha value is -2.55. The zero-order valence-electron chi connectivity index (χ0n) is 20.1. The van der Waals surface area contributed by atoms with Crippen molar-refractivity contribution in [3.63, 3.8) is 0 Å². The van der Waals surface area contributed by atoms with Crippen LogP contribution in [0.5, 0.6) is 0 Å². The van der Waals surface area contributed by atoms with Crippen LogP contribution in [0.2, 0.25) is 0 Å². The number of esters is 2. The van der Waals surface area contributed by atoms with Crippen LogP contribution in [0.4, 0.5) is 0 Å². The van der Waals surface area contributed by atoms with Crippen LogP contribution in [0, 0.1) is 11.8 Å². The van der Waals surface area contributed by atoms with E-state index in [2.05, 4.69) is 9.98 Å². The molecule has 2 heterocycles. The number of allylic oxidation sites excluding steroid dienone is 2. The van der Waals surface area contributed by atoms with Gasteiger partial charge in [-0.05, 0) is 54.4 Å². The Bertz CT molecular complexity index is 884. The number of aliphatic imine (C=N–C) groups is 2. The fraction of sp³-hybridized carbons (Fsp3) is 0.583. The van der Waals surface area contributed by atoms with Crippen molar-refractivity contribution in [2.45, 2.75) is 54.4 Å². The van der Waals surface area contributed by atoms with Crippen molar-refractivity contribution < 1.29 is 28.7 Å². The van der Waals surface area contributed by atoms with Gasteiger partial charge in [0.25, 0.3) is 0 Å². The highest BCUT2D eigenvalue weighted by Crippen LogP contribution is 2.27. The highest BCUT2D eigenvalue weighted by molar-refractivity contribution is 7.99. The van der Waals surface area contributed by atoms with Gasteiger partial charge in [-0.1, -0.05) is 0 Å². The summed E-state index contributed by atoms with van der Waals surface area (Å²) in [6.07, 6.45) is 0.642. The van der Waals surface area contributed by atoms with Gasteiger partial charge < -0.3 is 9.47 Å². The van der Waals surface area contributed by atoms with Crippen LogP contribution in [0.15, 0.2) is 32.5 Å². The fourth-order valence-electron chi connectivity index (χ4n) is 3.82. The number of thioether (sulfide) groups is 1. The molecule has 0 aromatic carbocycles. The number of Topliss-reactive ketones (excluding diaryl/α,β-unsaturated/α-hetero) is 2. The average Bonchev–Trinajstić information content (AvgIpc) is 2.72. The second kappa shape index (κ2) is 12.1. The van der Waals surface area contributed by atoms with Crippen molar-refractivity contribution in [3.8, 4) is 0 Å². The Kier molecular flexibility index (Phi) is 9.76. The SMILES string of the molecule is CC(=O)C1CC(C(=O)OCCSCCOC(=O)C2=C(C)N=C(C)C(C(C)=O)C2)=C(C)N=C1C. The zero-order chi connectivity index (χ0) is 24.7. The van der Waals surface area contributed by atoms with E-state index >= 15 is 0 Å². The molecular weight excluding hydrogens is 444 g/mol. The number of hydrogen-bond donors (Lipinski definition) is 0. The first kappa shape index (κ1) is 26.7. The third-order valence-corrected chi connectivity index (χ3v) is 6.69. The second-order valence-corrected chi connectivity index (χ2v) is 9.48. The number of nitrogens with zero attached hydrogens (tertiary/aromatic N) is 2. The van der Waals surface area contributed by atoms with E-state index in [0.717, 1.165) is 11.4 Å². The molecule has 0 aliphatic carbocycles. The molecule has 2 rings (SSSR count). The fourth-order valence-corrected chi connectivity index (χ4v) is 4.43. The minimum Gasteiger partial charge on any atom is -0.461 e. The molecule has 0 fully saturated rings. The summed E-state index contributed by atoms with van der Waals surface area (Å²) in [5, 5.41) is 0. The summed E-state index contributed by atoms with van der Waals surface area (Å²) >= 11 is 1.49. The molecule has 0 amide bonds. The van der Waals surface area contributed by atoms with E-state index in [9.17, 15) is 19.2 Å². The summed E-state index contributed by atoms with van der Waals surface area (Å²) in [5.41, 5.74) is 3.51. The normalized spacial score (nSPS) is 20.8. The van der Waals surface area contributed by atoms with E-state index in [-0.39, 0.29) is 36.6 Å². The van der Waals surface area contributed by atoms with Gasteiger partial charge in [0.1, 0.15) is 24.8 Å². The van der Waals surface area contributed by atoms with Gasteiger partial charge in [-0.25, -0.2) is 9.59 Å². The zero-order valence-corrected chi connectivity index (χ0v) is 21.0. The van der Waals surface area contributed by atoms with E-state index in [1.807, 2.05) is 0 Å². The minimum atomic E-state index is -0.447. The molecule has 0 aromatic heterocycles. The summed E-state index contributed by atoms with van der Waals surface area (Å²) in [6, 6.07) is 0. The van der Waals surface area contributed by atoms with Crippen LogP contribution >= 0.6 is 11.8 Å². The van der Waals surface area contributed by atoms with Gasteiger partial charge in [-0.15, -0.1) is 0 Å². The minimum absolute atomic E-state index is 0.0166. The van der Waals surface area contributed by atoms with E-state index in [4.69, 9.17) is 9.47 Å². The molecule has 33 heavy (non-hydrogen) atoms. The molecule has 180 valence electrons. The highest BCUT2D eigenvalue weighted by Gasteiger charge is 2.29. The number of rotatable bonds is 10. The summed E-state index contributed by atoms with van der Waals surface area (Å²) in [4.78, 5) is 56.9. The molecule has 2 atom stereocenters. The molecule has 2 unspecified atom stereocenters. The van der Waals surface area contributed by atoms with Crippen LogP contribution in [0.3, 0.4) is 0 Å². The molecule has 0 saturated carbocycles. The Balaban J connectivity index is 1.71. The maximum atomic E-state index is 12.4. The lowest BCUT2D eigenvalue weighted by Crippen LogP contribution is -2.27. The monoisotopic (exact) mass is 476 g/mol. The molecule has 0 radical (unpaired) electrons. The summed E-state index contributed by atoms with van der Waals surface area (Å²) in [5.74, 6) is -0.575. The number of hydrogen-bond acceptors (Lipinski definition) is 9. The Morgan fingerprint density at radius 3 is 1.45 bits per heavy atom. The van der Waals surface area contributed by atoms with Crippen molar-refractivity contribution in [2.75, 3.05) is 24.7 Å². The topological polar surface area (TPSA) is 111 Å². The van der Waals surface area contributed by atoms with Crippen LogP contribution in [0.25, 0.3) is 0 Å². The Morgan fingerprint density at radius 1 is 0.758 bits per heavy atom. The van der Waals surface area contributed by atoms with Crippen molar-refractivity contribution in [1.82, 2.24) is 0 Å². The lowest BCUT2D eigenvalue weighted by Gasteiger charge is -2.21. The maximum absolute atomic E-state index is 12.4. The predicted molar refractivity (Wildman–Crippen MR) is 128 cm³/mol. The maximum Gasteiger partial charge on any atom is 0.335 e. The van der Waals surface area contributed by atoms with E-state index in [0.29, 0.717) is 46.9 Å². The molecule has 8 nitrogen and oxygen atoms in total. The lowest BCUT2D eigenvalue weighted by atomic mass is 9.88. The number of ether oxygens (including phenoxy) is 2. The second-order valence-electron chi connectivity index (χ2n) is 8.25. The quantitative estimate of drug-likeness (QED) is 0.350. The molecule has 0 spiro atoms. The summed E-state index contributed by atoms with van der Waals surface area (Å²) in [7, 11) is 0. The van der Waals surface area contributed by atoms with Gasteiger partial charge in [0.15, 0.2) is 0 Å². The molecule has 0 saturated heterocycles. The molecular formula is C24H32N2O6S. The first-order valence-corrected chi connectivity index (χ1v) is 12.1. The summed E-state index contributed by atoms with van der Waals surface area (Å²) in [6.45, 7) is 10.5. The van der Waals surface area contributed by atoms with Crippen molar-refractivity contribution in [1.29, 1.82) is 0 Å². The lowest BCUT2D eigenvalue weighted by molar-refractivity contribution is -0.139. The van der Waals surface area contributed by atoms with Crippen LogP contribution in [-0.4, -0.2) is 59.6 Å². The Labute approximate surface area is 199 Å². The number of ketones is 2. The average molecular weight is 477 g/mol. The van der Waals surface area contributed by atoms with Crippen LogP contribution < -0.4 is 0 Å². The van der Waals surface area contributed by atoms with Crippen molar-refractivity contribution in [3.05, 3.63) is 22.5 Å². The Morgan fingerprint density at radius 2 is 1.12 bits per heavy atom. The van der Waals surface area contributed by atoms with Gasteiger partial charge in [0.2, 0.25) is 0 Å². The highest BCUT2D eigenvalue weighted by atomic mass is 32.2. The number of carbonyl (C=O) groups is 4. The predicted octanol–water partition coefficient (Wildman–Crippen LogP) is 3.49. The van der Waals surface area contributed by atoms with E-state index < -0.39 is 11.9 Å². The summed E-state index contributed by atoms with van der Waals surface area (Å²) < 4.78 is 10.7. The molecule has 2 aliphatic heterocycles. The third-order valence-electron chi connectivity index (χ3n) is 5.78. The van der Waals surface area contributed by atoms with E-state index in [1.165, 1.54) is 25.6 Å². The van der Waals surface area contributed by atoms with Gasteiger partial charge >= 0.3 is 11.9 Å². The smallest absolute Gasteiger partial charge is 0.335 e. The van der Waals surface area contributed by atoms with Crippen molar-refractivity contribution >= 4 is 46.7 Å². The first-order valence-electron chi connectivity index (χ1n) is 11.0. The third kappa shape index (κ3) is 7.22. The van der Waals surface area contributed by atoms with Gasteiger partial charge in [-0.2, -0.15) is 11.8 Å². The van der Waals surface area contributed by atoms with E-state index in [1.54, 1.807) is 27.7 Å². The number of carbonyl (C=O) groups excluding carboxylic acids is 4. The van der Waals surface area contributed by atoms with Gasteiger partial charge in [-0.3, -0.25) is 19.6 Å². The van der Waals surface area contributed by atoms with Crippen molar-refractivity contribution in [2.24, 2.45) is 21.8 Å². The van der Waals surface area contributed by atoms with Crippen LogP contribution in [0.1, 0.15) is 54.4 Å². The van der Waals surface area contributed by atoms with Crippen LogP contribution in [-0.2, 0) is 28.7 Å². The standard InChI is InChI=1S/C24H32N2O6S/c1-13-19(17(5)27)11-21(15(3)25-13)23(29)31-7-9-33-10-8-32-24(30)22-12-20(18(6)28)14(2)26-16(22)4/h19-20H,7-12H2,1-6H3. The van der Waals surface area contributed by atoms with Gasteiger partial charge in [0.05, 0.1) is 23.0 Å². The first-order chi connectivity index (χ1) is 15.5.